The second-order valence-electron chi connectivity index (χ2n) is 4.69. The fourth-order valence-electron chi connectivity index (χ4n) is 2.06. The van der Waals surface area contributed by atoms with Gasteiger partial charge >= 0.3 is 0 Å². The molecule has 4 heteroatoms. The van der Waals surface area contributed by atoms with Gasteiger partial charge < -0.3 is 4.90 Å². The Balaban J connectivity index is 2.34. The number of aromatic nitrogens is 1. The molecule has 19 heavy (non-hydrogen) atoms. The maximum atomic E-state index is 12.5. The van der Waals surface area contributed by atoms with Crippen LogP contribution < -0.4 is 0 Å². The predicted octanol–water partition coefficient (Wildman–Crippen LogP) is 3.48. The number of pyridine rings is 1. The van der Waals surface area contributed by atoms with Gasteiger partial charge in [0.05, 0.1) is 5.52 Å². The molecule has 100 valence electrons. The number of hydrogen-bond donors (Lipinski definition) is 0. The molecule has 0 spiro atoms. The van der Waals surface area contributed by atoms with Crippen molar-refractivity contribution in [1.29, 1.82) is 0 Å². The van der Waals surface area contributed by atoms with E-state index in [-0.39, 0.29) is 11.9 Å². The molecule has 2 rings (SSSR count). The van der Waals surface area contributed by atoms with Gasteiger partial charge in [-0.05, 0) is 38.1 Å². The maximum Gasteiger partial charge on any atom is 0.254 e. The van der Waals surface area contributed by atoms with E-state index in [4.69, 9.17) is 0 Å². The van der Waals surface area contributed by atoms with Crippen LogP contribution in [-0.4, -0.2) is 33.7 Å². The summed E-state index contributed by atoms with van der Waals surface area (Å²) in [5, 5.41) is 1.78. The van der Waals surface area contributed by atoms with E-state index in [1.165, 1.54) is 0 Å². The SMILES string of the molecule is CC(C)N(CCBr)C(=O)c1ccc2ncccc2c1. The van der Waals surface area contributed by atoms with Crippen molar-refractivity contribution in [3.05, 3.63) is 42.1 Å². The molecule has 0 aliphatic carbocycles. The van der Waals surface area contributed by atoms with Crippen LogP contribution in [0.1, 0.15) is 24.2 Å². The molecule has 0 saturated carbocycles. The van der Waals surface area contributed by atoms with Gasteiger partial charge in [0.2, 0.25) is 0 Å². The zero-order valence-electron chi connectivity index (χ0n) is 11.1. The van der Waals surface area contributed by atoms with Gasteiger partial charge in [-0.25, -0.2) is 0 Å². The standard InChI is InChI=1S/C15H17BrN2O/c1-11(2)18(9-7-16)15(19)13-5-6-14-12(10-13)4-3-8-17-14/h3-6,8,10-11H,7,9H2,1-2H3. The van der Waals surface area contributed by atoms with Crippen molar-refractivity contribution in [2.24, 2.45) is 0 Å². The Labute approximate surface area is 121 Å². The lowest BCUT2D eigenvalue weighted by atomic mass is 10.1. The fourth-order valence-corrected chi connectivity index (χ4v) is 2.44. The summed E-state index contributed by atoms with van der Waals surface area (Å²) in [6.45, 7) is 4.77. The quantitative estimate of drug-likeness (QED) is 0.808. The summed E-state index contributed by atoms with van der Waals surface area (Å²) in [6, 6.07) is 9.71. The normalized spacial score (nSPS) is 10.9. The Bertz CT molecular complexity index is 583. The first-order valence-corrected chi connectivity index (χ1v) is 7.47. The number of halogens is 1. The van der Waals surface area contributed by atoms with Crippen LogP contribution in [0, 0.1) is 0 Å². The van der Waals surface area contributed by atoms with Crippen molar-refractivity contribution in [2.45, 2.75) is 19.9 Å². The molecule has 2 aromatic rings. The highest BCUT2D eigenvalue weighted by Crippen LogP contribution is 2.16. The summed E-state index contributed by atoms with van der Waals surface area (Å²) >= 11 is 3.40. The van der Waals surface area contributed by atoms with Crippen LogP contribution in [0.15, 0.2) is 36.5 Å². The van der Waals surface area contributed by atoms with Gasteiger partial charge in [-0.2, -0.15) is 0 Å². The monoisotopic (exact) mass is 320 g/mol. The summed E-state index contributed by atoms with van der Waals surface area (Å²) in [5.74, 6) is 0.0696. The number of rotatable bonds is 4. The summed E-state index contributed by atoms with van der Waals surface area (Å²) in [6.07, 6.45) is 1.76. The molecule has 0 aliphatic rings. The first-order valence-electron chi connectivity index (χ1n) is 6.35. The molecular formula is C15H17BrN2O. The molecule has 0 radical (unpaired) electrons. The first kappa shape index (κ1) is 14.0. The van der Waals surface area contributed by atoms with Crippen LogP contribution in [-0.2, 0) is 0 Å². The van der Waals surface area contributed by atoms with Crippen LogP contribution in [0.3, 0.4) is 0 Å². The Morgan fingerprint density at radius 1 is 1.37 bits per heavy atom. The lowest BCUT2D eigenvalue weighted by Crippen LogP contribution is -2.38. The molecular weight excluding hydrogens is 304 g/mol. The summed E-state index contributed by atoms with van der Waals surface area (Å²) in [5.41, 5.74) is 1.63. The van der Waals surface area contributed by atoms with Crippen LogP contribution in [0.5, 0.6) is 0 Å². The van der Waals surface area contributed by atoms with Crippen LogP contribution in [0.4, 0.5) is 0 Å². The van der Waals surface area contributed by atoms with Gasteiger partial charge in [-0.3, -0.25) is 9.78 Å². The van der Waals surface area contributed by atoms with Crippen molar-refractivity contribution in [3.63, 3.8) is 0 Å². The summed E-state index contributed by atoms with van der Waals surface area (Å²) in [7, 11) is 0. The third-order valence-electron chi connectivity index (χ3n) is 3.06. The van der Waals surface area contributed by atoms with Crippen molar-refractivity contribution in [1.82, 2.24) is 9.88 Å². The van der Waals surface area contributed by atoms with Gasteiger partial charge in [-0.1, -0.05) is 22.0 Å². The van der Waals surface area contributed by atoms with Crippen molar-refractivity contribution < 1.29 is 4.79 Å². The minimum Gasteiger partial charge on any atom is -0.335 e. The zero-order valence-corrected chi connectivity index (χ0v) is 12.7. The second kappa shape index (κ2) is 6.15. The van der Waals surface area contributed by atoms with Gasteiger partial charge in [0, 0.05) is 35.1 Å². The van der Waals surface area contributed by atoms with E-state index in [0.717, 1.165) is 21.8 Å². The molecule has 0 N–H and O–H groups in total. The van der Waals surface area contributed by atoms with E-state index in [9.17, 15) is 4.79 Å². The van der Waals surface area contributed by atoms with Crippen LogP contribution in [0.25, 0.3) is 10.9 Å². The molecule has 1 aromatic heterocycles. The molecule has 1 amide bonds. The van der Waals surface area contributed by atoms with E-state index >= 15 is 0 Å². The minimum atomic E-state index is 0.0696. The number of carbonyl (C=O) groups is 1. The van der Waals surface area contributed by atoms with Gasteiger partial charge in [0.25, 0.3) is 5.91 Å². The number of amides is 1. The van der Waals surface area contributed by atoms with Crippen LogP contribution in [0.2, 0.25) is 0 Å². The maximum absolute atomic E-state index is 12.5. The molecule has 1 aromatic carbocycles. The lowest BCUT2D eigenvalue weighted by Gasteiger charge is -2.26. The summed E-state index contributed by atoms with van der Waals surface area (Å²) < 4.78 is 0. The molecule has 1 heterocycles. The number of benzene rings is 1. The number of fused-ring (bicyclic) bond motifs is 1. The second-order valence-corrected chi connectivity index (χ2v) is 5.49. The zero-order chi connectivity index (χ0) is 13.8. The van der Waals surface area contributed by atoms with Crippen molar-refractivity contribution >= 4 is 32.7 Å². The highest BCUT2D eigenvalue weighted by Gasteiger charge is 2.18. The molecule has 0 atom stereocenters. The third kappa shape index (κ3) is 3.13. The number of alkyl halides is 1. The van der Waals surface area contributed by atoms with Gasteiger partial charge in [0.1, 0.15) is 0 Å². The Hall–Kier alpha value is -1.42. The predicted molar refractivity (Wildman–Crippen MR) is 81.7 cm³/mol. The van der Waals surface area contributed by atoms with Crippen molar-refractivity contribution in [2.75, 3.05) is 11.9 Å². The molecule has 0 saturated heterocycles. The molecule has 0 unspecified atom stereocenters. The van der Waals surface area contributed by atoms with E-state index < -0.39 is 0 Å². The topological polar surface area (TPSA) is 33.2 Å². The Morgan fingerprint density at radius 3 is 2.84 bits per heavy atom. The fraction of sp³-hybridized carbons (Fsp3) is 0.333. The van der Waals surface area contributed by atoms with Crippen molar-refractivity contribution in [3.8, 4) is 0 Å². The number of nitrogens with zero attached hydrogens (tertiary/aromatic N) is 2. The molecule has 0 aliphatic heterocycles. The Kier molecular flexibility index (Phi) is 4.53. The highest BCUT2D eigenvalue weighted by molar-refractivity contribution is 9.09. The molecule has 0 bridgehead atoms. The lowest BCUT2D eigenvalue weighted by molar-refractivity contribution is 0.0719. The van der Waals surface area contributed by atoms with Crippen LogP contribution >= 0.6 is 15.9 Å². The smallest absolute Gasteiger partial charge is 0.254 e. The average Bonchev–Trinajstić information content (AvgIpc) is 2.43. The average molecular weight is 321 g/mol. The largest absolute Gasteiger partial charge is 0.335 e. The van der Waals surface area contributed by atoms with Gasteiger partial charge in [0.15, 0.2) is 0 Å². The van der Waals surface area contributed by atoms with E-state index in [1.54, 1.807) is 6.20 Å². The first-order chi connectivity index (χ1) is 9.13. The number of hydrogen-bond acceptors (Lipinski definition) is 2. The summed E-state index contributed by atoms with van der Waals surface area (Å²) in [4.78, 5) is 18.6. The van der Waals surface area contributed by atoms with E-state index in [1.807, 2.05) is 49.1 Å². The minimum absolute atomic E-state index is 0.0696. The Morgan fingerprint density at radius 2 is 2.16 bits per heavy atom. The molecule has 0 fully saturated rings. The van der Waals surface area contributed by atoms with E-state index in [0.29, 0.717) is 6.54 Å². The third-order valence-corrected chi connectivity index (χ3v) is 3.41. The van der Waals surface area contributed by atoms with Gasteiger partial charge in [-0.15, -0.1) is 0 Å². The highest BCUT2D eigenvalue weighted by atomic mass is 79.9. The molecule has 3 nitrogen and oxygen atoms in total. The number of carbonyl (C=O) groups excluding carboxylic acids is 1. The van der Waals surface area contributed by atoms with E-state index in [2.05, 4.69) is 20.9 Å².